The van der Waals surface area contributed by atoms with Crippen molar-refractivity contribution in [2.45, 2.75) is 26.7 Å². The van der Waals surface area contributed by atoms with E-state index in [2.05, 4.69) is 30.2 Å². The van der Waals surface area contributed by atoms with Crippen molar-refractivity contribution >= 4 is 17.7 Å². The van der Waals surface area contributed by atoms with Gasteiger partial charge in [-0.1, -0.05) is 0 Å². The number of anilines is 2. The highest BCUT2D eigenvalue weighted by molar-refractivity contribution is 5.91. The van der Waals surface area contributed by atoms with Gasteiger partial charge in [0.25, 0.3) is 0 Å². The molecule has 1 fully saturated rings. The molecule has 3 heterocycles. The summed E-state index contributed by atoms with van der Waals surface area (Å²) >= 11 is 0. The minimum absolute atomic E-state index is 0.0564. The Kier molecular flexibility index (Phi) is 6.06. The third-order valence-corrected chi connectivity index (χ3v) is 5.37. The van der Waals surface area contributed by atoms with Crippen LogP contribution in [0.5, 0.6) is 5.75 Å². The summed E-state index contributed by atoms with van der Waals surface area (Å²) in [6.07, 6.45) is 3.30. The Morgan fingerprint density at radius 1 is 1.10 bits per heavy atom. The van der Waals surface area contributed by atoms with Crippen LogP contribution < -0.4 is 15.0 Å². The van der Waals surface area contributed by atoms with Crippen LogP contribution in [0.2, 0.25) is 0 Å². The maximum absolute atomic E-state index is 12.9. The van der Waals surface area contributed by atoms with Crippen molar-refractivity contribution in [2.24, 2.45) is 5.92 Å². The van der Waals surface area contributed by atoms with E-state index >= 15 is 0 Å². The van der Waals surface area contributed by atoms with E-state index in [1.807, 2.05) is 50.2 Å². The Bertz CT molecular complexity index is 1050. The molecule has 0 aliphatic carbocycles. The largest absolute Gasteiger partial charge is 0.497 e. The molecule has 1 aromatic carbocycles. The zero-order valence-electron chi connectivity index (χ0n) is 18.0. The lowest BCUT2D eigenvalue weighted by atomic mass is 9.97. The van der Waals surface area contributed by atoms with Crippen LogP contribution in [0.1, 0.15) is 24.2 Å². The molecule has 0 radical (unpaired) electrons. The highest BCUT2D eigenvalue weighted by atomic mass is 16.5. The van der Waals surface area contributed by atoms with Crippen LogP contribution in [0.25, 0.3) is 11.3 Å². The summed E-state index contributed by atoms with van der Waals surface area (Å²) in [5, 5.41) is 2.88. The summed E-state index contributed by atoms with van der Waals surface area (Å²) in [5.41, 5.74) is 3.49. The molecule has 160 valence electrons. The van der Waals surface area contributed by atoms with Crippen molar-refractivity contribution in [3.05, 3.63) is 54.1 Å². The third-order valence-electron chi connectivity index (χ3n) is 5.37. The van der Waals surface area contributed by atoms with Crippen LogP contribution in [0, 0.1) is 19.8 Å². The topological polar surface area (TPSA) is 93.1 Å². The quantitative estimate of drug-likeness (QED) is 0.679. The van der Waals surface area contributed by atoms with Gasteiger partial charge in [-0.3, -0.25) is 10.1 Å². The molecule has 1 aliphatic heterocycles. The van der Waals surface area contributed by atoms with E-state index in [0.717, 1.165) is 53.6 Å². The van der Waals surface area contributed by atoms with Crippen molar-refractivity contribution in [3.63, 3.8) is 0 Å². The van der Waals surface area contributed by atoms with Gasteiger partial charge in [0, 0.05) is 36.1 Å². The fourth-order valence-electron chi connectivity index (χ4n) is 3.83. The number of nitrogens with zero attached hydrogens (tertiary/aromatic N) is 5. The lowest BCUT2D eigenvalue weighted by Gasteiger charge is -2.32. The predicted molar refractivity (Wildman–Crippen MR) is 119 cm³/mol. The molecule has 8 heteroatoms. The lowest BCUT2D eigenvalue weighted by Crippen LogP contribution is -2.41. The molecule has 4 rings (SSSR count). The van der Waals surface area contributed by atoms with E-state index < -0.39 is 0 Å². The number of hydrogen-bond donors (Lipinski definition) is 1. The predicted octanol–water partition coefficient (Wildman–Crippen LogP) is 3.41. The first-order valence-corrected chi connectivity index (χ1v) is 10.4. The lowest BCUT2D eigenvalue weighted by molar-refractivity contribution is -0.120. The number of methoxy groups -OCH3 is 1. The smallest absolute Gasteiger partial charge is 0.231 e. The highest BCUT2D eigenvalue weighted by Crippen LogP contribution is 2.26. The number of carbonyl (C=O) groups excluding carboxylic acids is 1. The highest BCUT2D eigenvalue weighted by Gasteiger charge is 2.27. The third kappa shape index (κ3) is 4.96. The molecule has 0 bridgehead atoms. The minimum atomic E-state index is -0.155. The second kappa shape index (κ2) is 9.07. The van der Waals surface area contributed by atoms with E-state index in [4.69, 9.17) is 4.74 Å². The SMILES string of the molecule is COc1ccc(-c2cc(N3CCCC(C(=O)Nc4nc(C)cc(C)n4)C3)ncn2)cc1. The van der Waals surface area contributed by atoms with Gasteiger partial charge < -0.3 is 9.64 Å². The van der Waals surface area contributed by atoms with E-state index in [1.165, 1.54) is 0 Å². The molecular formula is C23H26N6O2. The Labute approximate surface area is 181 Å². The summed E-state index contributed by atoms with van der Waals surface area (Å²) in [6, 6.07) is 11.6. The van der Waals surface area contributed by atoms with Crippen LogP contribution in [0.15, 0.2) is 42.7 Å². The van der Waals surface area contributed by atoms with E-state index in [0.29, 0.717) is 12.5 Å². The molecule has 8 nitrogen and oxygen atoms in total. The number of ether oxygens (including phenoxy) is 1. The van der Waals surface area contributed by atoms with Crippen molar-refractivity contribution in [3.8, 4) is 17.0 Å². The van der Waals surface area contributed by atoms with Crippen molar-refractivity contribution in [1.29, 1.82) is 0 Å². The van der Waals surface area contributed by atoms with Crippen LogP contribution in [-0.2, 0) is 4.79 Å². The second-order valence-corrected chi connectivity index (χ2v) is 7.74. The first kappa shape index (κ1) is 20.7. The van der Waals surface area contributed by atoms with Crippen LogP contribution in [0.4, 0.5) is 11.8 Å². The second-order valence-electron chi connectivity index (χ2n) is 7.74. The van der Waals surface area contributed by atoms with E-state index in [1.54, 1.807) is 13.4 Å². The maximum atomic E-state index is 12.9. The average molecular weight is 419 g/mol. The minimum Gasteiger partial charge on any atom is -0.497 e. The Morgan fingerprint density at radius 2 is 1.84 bits per heavy atom. The summed E-state index contributed by atoms with van der Waals surface area (Å²) < 4.78 is 5.23. The average Bonchev–Trinajstić information content (AvgIpc) is 2.78. The molecule has 1 unspecified atom stereocenters. The normalized spacial score (nSPS) is 16.1. The number of nitrogens with one attached hydrogen (secondary N) is 1. The fraction of sp³-hybridized carbons (Fsp3) is 0.348. The number of benzene rings is 1. The molecule has 1 N–H and O–H groups in total. The van der Waals surface area contributed by atoms with E-state index in [9.17, 15) is 4.79 Å². The molecule has 1 aliphatic rings. The number of piperidine rings is 1. The molecule has 1 atom stereocenters. The Hall–Kier alpha value is -3.55. The Morgan fingerprint density at radius 3 is 2.55 bits per heavy atom. The first-order valence-electron chi connectivity index (χ1n) is 10.4. The molecule has 1 saturated heterocycles. The molecule has 0 saturated carbocycles. The first-order chi connectivity index (χ1) is 15.0. The number of hydrogen-bond acceptors (Lipinski definition) is 7. The van der Waals surface area contributed by atoms with Crippen molar-refractivity contribution < 1.29 is 9.53 Å². The van der Waals surface area contributed by atoms with Crippen LogP contribution in [-0.4, -0.2) is 46.0 Å². The maximum Gasteiger partial charge on any atom is 0.231 e. The zero-order chi connectivity index (χ0) is 21.8. The molecular weight excluding hydrogens is 392 g/mol. The summed E-state index contributed by atoms with van der Waals surface area (Å²) in [7, 11) is 1.65. The van der Waals surface area contributed by atoms with Crippen LogP contribution in [0.3, 0.4) is 0 Å². The van der Waals surface area contributed by atoms with Gasteiger partial charge in [-0.25, -0.2) is 19.9 Å². The van der Waals surface area contributed by atoms with Gasteiger partial charge in [-0.05, 0) is 57.0 Å². The number of aryl methyl sites for hydroxylation is 2. The summed E-state index contributed by atoms with van der Waals surface area (Å²) in [6.45, 7) is 5.23. The summed E-state index contributed by atoms with van der Waals surface area (Å²) in [4.78, 5) is 32.5. The fourth-order valence-corrected chi connectivity index (χ4v) is 3.83. The van der Waals surface area contributed by atoms with Crippen LogP contribution >= 0.6 is 0 Å². The summed E-state index contributed by atoms with van der Waals surface area (Å²) in [5.74, 6) is 1.77. The van der Waals surface area contributed by atoms with Gasteiger partial charge in [-0.15, -0.1) is 0 Å². The van der Waals surface area contributed by atoms with Crippen molar-refractivity contribution in [1.82, 2.24) is 19.9 Å². The van der Waals surface area contributed by atoms with Gasteiger partial charge in [0.1, 0.15) is 17.9 Å². The number of amides is 1. The number of aromatic nitrogens is 4. The zero-order valence-corrected chi connectivity index (χ0v) is 18.0. The van der Waals surface area contributed by atoms with E-state index in [-0.39, 0.29) is 11.8 Å². The molecule has 0 spiro atoms. The number of rotatable bonds is 5. The standard InChI is InChI=1S/C23H26N6O2/c1-15-11-16(2)27-23(26-15)28-22(30)18-5-4-10-29(13-18)21-12-20(24-14-25-21)17-6-8-19(31-3)9-7-17/h6-9,11-12,14,18H,4-5,10,13H2,1-3H3,(H,26,27,28,30). The van der Waals surface area contributed by atoms with Gasteiger partial charge in [0.05, 0.1) is 18.7 Å². The van der Waals surface area contributed by atoms with Gasteiger partial charge >= 0.3 is 0 Å². The van der Waals surface area contributed by atoms with Gasteiger partial charge in [0.2, 0.25) is 11.9 Å². The Balaban J connectivity index is 1.47. The molecule has 3 aromatic rings. The monoisotopic (exact) mass is 418 g/mol. The molecule has 31 heavy (non-hydrogen) atoms. The van der Waals surface area contributed by atoms with Crippen molar-refractivity contribution in [2.75, 3.05) is 30.4 Å². The van der Waals surface area contributed by atoms with Gasteiger partial charge in [0.15, 0.2) is 0 Å². The number of carbonyl (C=O) groups is 1. The molecule has 1 amide bonds. The van der Waals surface area contributed by atoms with Gasteiger partial charge in [-0.2, -0.15) is 0 Å². The molecule has 2 aromatic heterocycles.